The van der Waals surface area contributed by atoms with E-state index in [0.717, 1.165) is 11.4 Å². The van der Waals surface area contributed by atoms with Gasteiger partial charge in [-0.1, -0.05) is 30.1 Å². The molecule has 0 radical (unpaired) electrons. The summed E-state index contributed by atoms with van der Waals surface area (Å²) in [5, 5.41) is 7.78. The molecule has 10 heteroatoms. The van der Waals surface area contributed by atoms with Crippen molar-refractivity contribution in [3.63, 3.8) is 0 Å². The van der Waals surface area contributed by atoms with Crippen molar-refractivity contribution in [1.29, 1.82) is 0 Å². The second-order valence-electron chi connectivity index (χ2n) is 7.68. The van der Waals surface area contributed by atoms with Crippen LogP contribution in [0.4, 0.5) is 5.69 Å². The van der Waals surface area contributed by atoms with E-state index in [1.807, 2.05) is 31.5 Å². The van der Waals surface area contributed by atoms with E-state index >= 15 is 0 Å². The van der Waals surface area contributed by atoms with Crippen molar-refractivity contribution in [3.05, 3.63) is 75.5 Å². The zero-order valence-corrected chi connectivity index (χ0v) is 20.2. The second kappa shape index (κ2) is 9.94. The Morgan fingerprint density at radius 1 is 1.09 bits per heavy atom. The minimum atomic E-state index is -4.00. The van der Waals surface area contributed by atoms with Crippen LogP contribution in [0, 0.1) is 19.8 Å². The van der Waals surface area contributed by atoms with Crippen LogP contribution in [0.5, 0.6) is 0 Å². The number of halogens is 2. The Kier molecular flexibility index (Phi) is 7.48. The highest BCUT2D eigenvalue weighted by atomic mass is 35.5. The number of nitrogens with one attached hydrogen (secondary N) is 2. The van der Waals surface area contributed by atoms with E-state index in [-0.39, 0.29) is 27.3 Å². The molecule has 1 heterocycles. The molecular weight excluding hydrogens is 471 g/mol. The highest BCUT2D eigenvalue weighted by molar-refractivity contribution is 7.92. The van der Waals surface area contributed by atoms with Crippen LogP contribution in [-0.2, 0) is 16.6 Å². The number of benzene rings is 2. The zero-order valence-electron chi connectivity index (χ0n) is 17.9. The Morgan fingerprint density at radius 2 is 1.78 bits per heavy atom. The van der Waals surface area contributed by atoms with Gasteiger partial charge in [-0.3, -0.25) is 14.2 Å². The summed E-state index contributed by atoms with van der Waals surface area (Å²) < 4.78 is 30.0. The number of aromatic nitrogens is 2. The van der Waals surface area contributed by atoms with Crippen LogP contribution >= 0.6 is 23.2 Å². The molecule has 0 aliphatic rings. The summed E-state index contributed by atoms with van der Waals surface area (Å²) in [5.41, 5.74) is 2.53. The van der Waals surface area contributed by atoms with E-state index in [1.54, 1.807) is 12.1 Å². The lowest BCUT2D eigenvalue weighted by Crippen LogP contribution is -2.30. The molecule has 1 unspecified atom stereocenters. The van der Waals surface area contributed by atoms with Crippen LogP contribution in [0.15, 0.2) is 53.4 Å². The summed E-state index contributed by atoms with van der Waals surface area (Å²) in [5.74, 6) is -0.260. The molecule has 32 heavy (non-hydrogen) atoms. The van der Waals surface area contributed by atoms with Crippen molar-refractivity contribution in [2.75, 3.05) is 11.3 Å². The van der Waals surface area contributed by atoms with Gasteiger partial charge in [0.1, 0.15) is 4.90 Å². The molecule has 170 valence electrons. The molecule has 0 aliphatic heterocycles. The fourth-order valence-electron chi connectivity index (χ4n) is 3.17. The molecular formula is C22H24Cl2N4O3S. The molecule has 0 aliphatic carbocycles. The number of rotatable bonds is 8. The van der Waals surface area contributed by atoms with Gasteiger partial charge in [0.2, 0.25) is 0 Å². The number of carbonyl (C=O) groups excluding carboxylic acids is 1. The summed E-state index contributed by atoms with van der Waals surface area (Å²) >= 11 is 12.0. The lowest BCUT2D eigenvalue weighted by atomic mass is 10.1. The number of aryl methyl sites for hydroxylation is 2. The first-order chi connectivity index (χ1) is 15.0. The largest absolute Gasteiger partial charge is 0.352 e. The Hall–Kier alpha value is -2.55. The third-order valence-corrected chi connectivity index (χ3v) is 6.89. The Bertz CT molecular complexity index is 1220. The highest BCUT2D eigenvalue weighted by Crippen LogP contribution is 2.25. The molecule has 0 saturated heterocycles. The zero-order chi connectivity index (χ0) is 23.5. The molecule has 2 aromatic carbocycles. The Morgan fingerprint density at radius 3 is 2.41 bits per heavy atom. The second-order valence-corrected chi connectivity index (χ2v) is 10.2. The van der Waals surface area contributed by atoms with E-state index in [9.17, 15) is 13.2 Å². The molecule has 3 rings (SSSR count). The van der Waals surface area contributed by atoms with E-state index in [2.05, 4.69) is 15.1 Å². The van der Waals surface area contributed by atoms with E-state index < -0.39 is 10.0 Å². The predicted molar refractivity (Wildman–Crippen MR) is 127 cm³/mol. The van der Waals surface area contributed by atoms with Gasteiger partial charge < -0.3 is 5.32 Å². The van der Waals surface area contributed by atoms with Crippen LogP contribution in [0.25, 0.3) is 0 Å². The topological polar surface area (TPSA) is 93.1 Å². The quantitative estimate of drug-likeness (QED) is 0.475. The fraction of sp³-hybridized carbons (Fsp3) is 0.273. The van der Waals surface area contributed by atoms with Crippen LogP contribution < -0.4 is 10.0 Å². The number of amides is 1. The van der Waals surface area contributed by atoms with Crippen LogP contribution in [0.2, 0.25) is 10.0 Å². The maximum atomic E-state index is 12.8. The minimum absolute atomic E-state index is 0.0147. The molecule has 1 atom stereocenters. The monoisotopic (exact) mass is 494 g/mol. The van der Waals surface area contributed by atoms with Crippen LogP contribution in [0.1, 0.15) is 28.7 Å². The van der Waals surface area contributed by atoms with Gasteiger partial charge in [0.15, 0.2) is 0 Å². The van der Waals surface area contributed by atoms with Gasteiger partial charge in [0.25, 0.3) is 15.9 Å². The van der Waals surface area contributed by atoms with Gasteiger partial charge in [-0.05, 0) is 68.3 Å². The van der Waals surface area contributed by atoms with Gasteiger partial charge in [0.05, 0.1) is 10.7 Å². The number of sulfonamides is 1. The smallest absolute Gasteiger partial charge is 0.263 e. The average Bonchev–Trinajstić information content (AvgIpc) is 3.04. The lowest BCUT2D eigenvalue weighted by Gasteiger charge is -2.15. The SMILES string of the molecule is Cc1cc(C)n(CC(C)CNC(=O)c2ccc(Cl)c(S(=O)(=O)Nc3ccc(Cl)cc3)c2)n1. The van der Waals surface area contributed by atoms with Gasteiger partial charge in [-0.25, -0.2) is 8.42 Å². The summed E-state index contributed by atoms with van der Waals surface area (Å²) in [6.07, 6.45) is 0. The number of hydrogen-bond donors (Lipinski definition) is 2. The van der Waals surface area contributed by atoms with E-state index in [1.165, 1.54) is 30.3 Å². The molecule has 2 N–H and O–H groups in total. The summed E-state index contributed by atoms with van der Waals surface area (Å²) in [7, 11) is -4.00. The van der Waals surface area contributed by atoms with E-state index in [0.29, 0.717) is 23.8 Å². The van der Waals surface area contributed by atoms with Crippen molar-refractivity contribution in [2.45, 2.75) is 32.2 Å². The predicted octanol–water partition coefficient (Wildman–Crippen LogP) is 4.67. The molecule has 1 aromatic heterocycles. The van der Waals surface area contributed by atoms with Crippen molar-refractivity contribution < 1.29 is 13.2 Å². The maximum Gasteiger partial charge on any atom is 0.263 e. The number of hydrogen-bond acceptors (Lipinski definition) is 4. The van der Waals surface area contributed by atoms with Crippen molar-refractivity contribution >= 4 is 44.8 Å². The summed E-state index contributed by atoms with van der Waals surface area (Å²) in [6.45, 7) is 6.99. The third kappa shape index (κ3) is 6.03. The van der Waals surface area contributed by atoms with Crippen molar-refractivity contribution in [1.82, 2.24) is 15.1 Å². The number of anilines is 1. The molecule has 0 spiro atoms. The molecule has 3 aromatic rings. The molecule has 0 fully saturated rings. The lowest BCUT2D eigenvalue weighted by molar-refractivity contribution is 0.0946. The van der Waals surface area contributed by atoms with E-state index in [4.69, 9.17) is 23.2 Å². The first-order valence-electron chi connectivity index (χ1n) is 9.92. The first-order valence-corrected chi connectivity index (χ1v) is 12.2. The van der Waals surface area contributed by atoms with Gasteiger partial charge in [0, 0.05) is 35.1 Å². The minimum Gasteiger partial charge on any atom is -0.352 e. The standard InChI is InChI=1S/C22H24Cl2N4O3S/c1-14(13-28-16(3)10-15(2)26-28)12-25-22(29)17-4-9-20(24)21(11-17)32(30,31)27-19-7-5-18(23)6-8-19/h4-11,14,27H,12-13H2,1-3H3,(H,25,29). The average molecular weight is 495 g/mol. The highest BCUT2D eigenvalue weighted by Gasteiger charge is 2.21. The van der Waals surface area contributed by atoms with Crippen molar-refractivity contribution in [3.8, 4) is 0 Å². The molecule has 7 nitrogen and oxygen atoms in total. The molecule has 1 amide bonds. The normalized spacial score (nSPS) is 12.4. The molecule has 0 saturated carbocycles. The van der Waals surface area contributed by atoms with Crippen LogP contribution in [-0.4, -0.2) is 30.7 Å². The Balaban J connectivity index is 1.69. The summed E-state index contributed by atoms with van der Waals surface area (Å²) in [4.78, 5) is 12.5. The van der Waals surface area contributed by atoms with Crippen molar-refractivity contribution in [2.24, 2.45) is 5.92 Å². The first kappa shape index (κ1) is 24.1. The molecule has 0 bridgehead atoms. The Labute approximate surface area is 197 Å². The van der Waals surface area contributed by atoms with Gasteiger partial charge in [-0.15, -0.1) is 0 Å². The van der Waals surface area contributed by atoms with Gasteiger partial charge in [-0.2, -0.15) is 5.10 Å². The fourth-order valence-corrected chi connectivity index (χ4v) is 4.88. The number of carbonyl (C=O) groups is 1. The third-order valence-electron chi connectivity index (χ3n) is 4.78. The maximum absolute atomic E-state index is 12.8. The van der Waals surface area contributed by atoms with Crippen LogP contribution in [0.3, 0.4) is 0 Å². The summed E-state index contributed by atoms with van der Waals surface area (Å²) in [6, 6.07) is 12.4. The van der Waals surface area contributed by atoms with Gasteiger partial charge >= 0.3 is 0 Å². The number of nitrogens with zero attached hydrogens (tertiary/aromatic N) is 2.